The van der Waals surface area contributed by atoms with E-state index < -0.39 is 5.60 Å². The molecule has 0 radical (unpaired) electrons. The molecule has 0 saturated carbocycles. The van der Waals surface area contributed by atoms with Gasteiger partial charge in [0.1, 0.15) is 5.82 Å². The van der Waals surface area contributed by atoms with E-state index in [4.69, 9.17) is 0 Å². The highest BCUT2D eigenvalue weighted by Crippen LogP contribution is 2.35. The summed E-state index contributed by atoms with van der Waals surface area (Å²) in [6, 6.07) is 16.4. The van der Waals surface area contributed by atoms with Crippen molar-refractivity contribution in [1.29, 1.82) is 0 Å². The molecule has 102 valence electrons. The molecule has 3 heteroatoms. The van der Waals surface area contributed by atoms with E-state index in [1.165, 1.54) is 16.8 Å². The Morgan fingerprint density at radius 1 is 1.10 bits per heavy atom. The maximum atomic E-state index is 12.9. The lowest BCUT2D eigenvalue weighted by Crippen LogP contribution is -2.22. The van der Waals surface area contributed by atoms with Crippen molar-refractivity contribution in [2.45, 2.75) is 18.9 Å². The first-order valence-electron chi connectivity index (χ1n) is 6.50. The van der Waals surface area contributed by atoms with Crippen LogP contribution in [0, 0.1) is 5.82 Å². The molecule has 1 atom stereocenters. The van der Waals surface area contributed by atoms with Crippen LogP contribution in [-0.2, 0) is 12.0 Å². The van der Waals surface area contributed by atoms with E-state index in [2.05, 4.69) is 6.07 Å². The van der Waals surface area contributed by atoms with E-state index in [0.717, 1.165) is 15.8 Å². The maximum absolute atomic E-state index is 12.9. The minimum Gasteiger partial charge on any atom is -0.384 e. The zero-order chi connectivity index (χ0) is 14.2. The molecule has 0 saturated heterocycles. The largest absolute Gasteiger partial charge is 0.384 e. The van der Waals surface area contributed by atoms with Crippen LogP contribution in [0.4, 0.5) is 4.39 Å². The number of hydrogen-bond acceptors (Lipinski definition) is 2. The first kappa shape index (κ1) is 13.3. The zero-order valence-corrected chi connectivity index (χ0v) is 12.0. The Labute approximate surface area is 121 Å². The second-order valence-corrected chi connectivity index (χ2v) is 6.31. The van der Waals surface area contributed by atoms with E-state index in [-0.39, 0.29) is 5.82 Å². The van der Waals surface area contributed by atoms with Gasteiger partial charge in [-0.2, -0.15) is 0 Å². The fourth-order valence-electron chi connectivity index (χ4n) is 2.33. The number of rotatable bonds is 3. The first-order chi connectivity index (χ1) is 9.54. The fourth-order valence-corrected chi connectivity index (χ4v) is 3.44. The number of benzene rings is 2. The third-order valence-corrected chi connectivity index (χ3v) is 4.79. The summed E-state index contributed by atoms with van der Waals surface area (Å²) >= 11 is 1.60. The van der Waals surface area contributed by atoms with Crippen molar-refractivity contribution in [3.63, 3.8) is 0 Å². The van der Waals surface area contributed by atoms with Gasteiger partial charge in [0.2, 0.25) is 0 Å². The molecule has 1 nitrogen and oxygen atoms in total. The molecule has 1 aromatic heterocycles. The summed E-state index contributed by atoms with van der Waals surface area (Å²) in [5.41, 5.74) is -0.0181. The van der Waals surface area contributed by atoms with E-state index >= 15 is 0 Å². The van der Waals surface area contributed by atoms with Crippen molar-refractivity contribution >= 4 is 21.4 Å². The molecule has 0 spiro atoms. The minimum atomic E-state index is -0.943. The molecule has 20 heavy (non-hydrogen) atoms. The quantitative estimate of drug-likeness (QED) is 0.752. The van der Waals surface area contributed by atoms with Crippen LogP contribution in [0.1, 0.15) is 17.4 Å². The van der Waals surface area contributed by atoms with Gasteiger partial charge in [0.25, 0.3) is 0 Å². The van der Waals surface area contributed by atoms with E-state index in [1.54, 1.807) is 30.4 Å². The van der Waals surface area contributed by atoms with Gasteiger partial charge >= 0.3 is 0 Å². The van der Waals surface area contributed by atoms with Gasteiger partial charge in [-0.3, -0.25) is 0 Å². The van der Waals surface area contributed by atoms with E-state index in [1.807, 2.05) is 24.3 Å². The lowest BCUT2D eigenvalue weighted by Gasteiger charge is -2.21. The van der Waals surface area contributed by atoms with Gasteiger partial charge in [0.15, 0.2) is 0 Å². The average molecular weight is 286 g/mol. The summed E-state index contributed by atoms with van der Waals surface area (Å²) in [6.07, 6.45) is 0.472. The predicted molar refractivity (Wildman–Crippen MR) is 81.5 cm³/mol. The summed E-state index contributed by atoms with van der Waals surface area (Å²) < 4.78 is 14.1. The second-order valence-electron chi connectivity index (χ2n) is 5.23. The van der Waals surface area contributed by atoms with Crippen LogP contribution in [0.25, 0.3) is 10.1 Å². The number of thiophene rings is 1. The highest BCUT2D eigenvalue weighted by Gasteiger charge is 2.25. The predicted octanol–water partition coefficient (Wildman–Crippen LogP) is 4.49. The van der Waals surface area contributed by atoms with Crippen LogP contribution in [0.5, 0.6) is 0 Å². The van der Waals surface area contributed by atoms with Gasteiger partial charge in [-0.15, -0.1) is 11.3 Å². The van der Waals surface area contributed by atoms with Gasteiger partial charge in [-0.05, 0) is 42.1 Å². The molecule has 0 bridgehead atoms. The molecular weight excluding hydrogens is 271 g/mol. The van der Waals surface area contributed by atoms with Crippen LogP contribution >= 0.6 is 11.3 Å². The van der Waals surface area contributed by atoms with Crippen LogP contribution < -0.4 is 0 Å². The molecular formula is C17H15FOS. The molecule has 1 N–H and O–H groups in total. The Hall–Kier alpha value is -1.71. The topological polar surface area (TPSA) is 20.2 Å². The van der Waals surface area contributed by atoms with E-state index in [9.17, 15) is 9.50 Å². The molecule has 2 aromatic carbocycles. The third-order valence-electron chi connectivity index (χ3n) is 3.42. The normalized spacial score (nSPS) is 14.3. The first-order valence-corrected chi connectivity index (χ1v) is 7.32. The average Bonchev–Trinajstić information content (AvgIpc) is 2.86. The molecule has 3 aromatic rings. The highest BCUT2D eigenvalue weighted by atomic mass is 32.1. The van der Waals surface area contributed by atoms with Crippen molar-refractivity contribution in [1.82, 2.24) is 0 Å². The summed E-state index contributed by atoms with van der Waals surface area (Å²) in [5.74, 6) is -0.254. The molecule has 0 aliphatic heterocycles. The van der Waals surface area contributed by atoms with Gasteiger partial charge in [-0.25, -0.2) is 4.39 Å². The molecule has 0 aliphatic carbocycles. The second kappa shape index (κ2) is 5.00. The molecule has 0 amide bonds. The number of hydrogen-bond donors (Lipinski definition) is 1. The monoisotopic (exact) mass is 286 g/mol. The van der Waals surface area contributed by atoms with E-state index in [0.29, 0.717) is 6.42 Å². The number of aliphatic hydroxyl groups is 1. The van der Waals surface area contributed by atoms with Gasteiger partial charge < -0.3 is 5.11 Å². The number of fused-ring (bicyclic) bond motifs is 1. The number of halogens is 1. The Balaban J connectivity index is 1.92. The van der Waals surface area contributed by atoms with Gasteiger partial charge in [0.05, 0.1) is 5.60 Å². The summed E-state index contributed by atoms with van der Waals surface area (Å²) in [5, 5.41) is 11.9. The van der Waals surface area contributed by atoms with Gasteiger partial charge in [0, 0.05) is 16.0 Å². The SMILES string of the molecule is CC(O)(Cc1ccc(F)cc1)c1cc2ccccc2s1. The van der Waals surface area contributed by atoms with Gasteiger partial charge in [-0.1, -0.05) is 30.3 Å². The molecule has 0 fully saturated rings. The van der Waals surface area contributed by atoms with Crippen LogP contribution in [0.2, 0.25) is 0 Å². The standard InChI is InChI=1S/C17H15FOS/c1-17(19,11-12-6-8-14(18)9-7-12)16-10-13-4-2-3-5-15(13)20-16/h2-10,19H,11H2,1H3. The lowest BCUT2D eigenvalue weighted by atomic mass is 9.94. The van der Waals surface area contributed by atoms with Crippen LogP contribution in [-0.4, -0.2) is 5.11 Å². The van der Waals surface area contributed by atoms with Crippen molar-refractivity contribution < 1.29 is 9.50 Å². The third kappa shape index (κ3) is 2.60. The maximum Gasteiger partial charge on any atom is 0.123 e. The summed E-state index contributed by atoms with van der Waals surface area (Å²) in [4.78, 5) is 0.933. The smallest absolute Gasteiger partial charge is 0.123 e. The summed E-state index contributed by atoms with van der Waals surface area (Å²) in [6.45, 7) is 1.81. The summed E-state index contributed by atoms with van der Waals surface area (Å²) in [7, 11) is 0. The zero-order valence-electron chi connectivity index (χ0n) is 11.1. The minimum absolute atomic E-state index is 0.254. The van der Waals surface area contributed by atoms with Crippen molar-refractivity contribution in [3.05, 3.63) is 70.9 Å². The Morgan fingerprint density at radius 2 is 1.80 bits per heavy atom. The fraction of sp³-hybridized carbons (Fsp3) is 0.176. The molecule has 0 aliphatic rings. The Bertz CT molecular complexity index is 695. The lowest BCUT2D eigenvalue weighted by molar-refractivity contribution is 0.0615. The Kier molecular flexibility index (Phi) is 3.32. The molecule has 1 unspecified atom stereocenters. The van der Waals surface area contributed by atoms with Crippen molar-refractivity contribution in [2.75, 3.05) is 0 Å². The van der Waals surface area contributed by atoms with Crippen molar-refractivity contribution in [2.24, 2.45) is 0 Å². The highest BCUT2D eigenvalue weighted by molar-refractivity contribution is 7.19. The van der Waals surface area contributed by atoms with Crippen molar-refractivity contribution in [3.8, 4) is 0 Å². The molecule has 3 rings (SSSR count). The Morgan fingerprint density at radius 3 is 2.50 bits per heavy atom. The molecule has 1 heterocycles. The van der Waals surface area contributed by atoms with Crippen LogP contribution in [0.3, 0.4) is 0 Å². The van der Waals surface area contributed by atoms with Crippen LogP contribution in [0.15, 0.2) is 54.6 Å².